The Balaban J connectivity index is 0.000000385. The van der Waals surface area contributed by atoms with E-state index in [1.807, 2.05) is 0 Å². The molecular formula is C10H16ClNO4. The van der Waals surface area contributed by atoms with Gasteiger partial charge in [0, 0.05) is 5.56 Å². The van der Waals surface area contributed by atoms with E-state index in [9.17, 15) is 0 Å². The standard InChI is InChI=1S/C10H16N.ClHO4/c1-11(2,3)9-10-7-5-4-6-8-10;2-1(3,4)5/h4-8H,9H2,1-3H3;(H,2,3,4,5)/q+1;/p-1. The third kappa shape index (κ3) is 13.3. The summed E-state index contributed by atoms with van der Waals surface area (Å²) in [6.07, 6.45) is 0. The van der Waals surface area contributed by atoms with Gasteiger partial charge in [0.15, 0.2) is 0 Å². The van der Waals surface area contributed by atoms with Crippen LogP contribution in [0, 0.1) is 10.2 Å². The van der Waals surface area contributed by atoms with Crippen LogP contribution in [0.5, 0.6) is 0 Å². The van der Waals surface area contributed by atoms with Gasteiger partial charge in [0.1, 0.15) is 6.54 Å². The van der Waals surface area contributed by atoms with Gasteiger partial charge < -0.3 is 4.48 Å². The van der Waals surface area contributed by atoms with Crippen LogP contribution in [0.15, 0.2) is 30.3 Å². The number of nitrogens with zero attached hydrogens (tertiary/aromatic N) is 1. The Morgan fingerprint density at radius 1 is 0.938 bits per heavy atom. The maximum absolute atomic E-state index is 8.49. The first kappa shape index (κ1) is 15.3. The highest BCUT2D eigenvalue weighted by molar-refractivity contribution is 5.13. The quantitative estimate of drug-likeness (QED) is 0.527. The molecule has 1 aromatic rings. The van der Waals surface area contributed by atoms with Crippen molar-refractivity contribution in [2.24, 2.45) is 0 Å². The van der Waals surface area contributed by atoms with E-state index < -0.39 is 10.2 Å². The molecule has 0 saturated carbocycles. The van der Waals surface area contributed by atoms with E-state index in [4.69, 9.17) is 18.6 Å². The third-order valence-electron chi connectivity index (χ3n) is 1.50. The fourth-order valence-corrected chi connectivity index (χ4v) is 1.13. The fraction of sp³-hybridized carbons (Fsp3) is 0.400. The van der Waals surface area contributed by atoms with E-state index in [0.717, 1.165) is 11.0 Å². The van der Waals surface area contributed by atoms with Gasteiger partial charge in [-0.25, -0.2) is 18.6 Å². The summed E-state index contributed by atoms with van der Waals surface area (Å²) in [5, 5.41) is 0. The lowest BCUT2D eigenvalue weighted by atomic mass is 10.2. The fourth-order valence-electron chi connectivity index (χ4n) is 1.13. The molecule has 0 amide bonds. The average molecular weight is 250 g/mol. The third-order valence-corrected chi connectivity index (χ3v) is 1.50. The van der Waals surface area contributed by atoms with Crippen LogP contribution in [0.3, 0.4) is 0 Å². The summed E-state index contributed by atoms with van der Waals surface area (Å²) in [5.74, 6) is 0. The lowest BCUT2D eigenvalue weighted by Gasteiger charge is -2.23. The molecule has 0 N–H and O–H groups in total. The molecule has 6 heteroatoms. The molecule has 0 aliphatic carbocycles. The maximum Gasteiger partial charge on any atom is 0.104 e. The van der Waals surface area contributed by atoms with Crippen LogP contribution in [0.25, 0.3) is 0 Å². The Kier molecular flexibility index (Phi) is 5.88. The van der Waals surface area contributed by atoms with Gasteiger partial charge in [0.05, 0.1) is 21.1 Å². The predicted octanol–water partition coefficient (Wildman–Crippen LogP) is -2.86. The summed E-state index contributed by atoms with van der Waals surface area (Å²) in [6.45, 7) is 1.10. The molecule has 0 unspecified atom stereocenters. The molecule has 1 aromatic carbocycles. The summed E-state index contributed by atoms with van der Waals surface area (Å²) < 4.78 is 35.0. The molecule has 0 fully saturated rings. The first-order valence-electron chi connectivity index (χ1n) is 4.54. The molecule has 0 heterocycles. The number of hydrogen-bond donors (Lipinski definition) is 0. The van der Waals surface area contributed by atoms with Gasteiger partial charge in [-0.3, -0.25) is 0 Å². The van der Waals surface area contributed by atoms with E-state index >= 15 is 0 Å². The molecule has 92 valence electrons. The molecule has 16 heavy (non-hydrogen) atoms. The van der Waals surface area contributed by atoms with Crippen molar-refractivity contribution in [2.45, 2.75) is 6.54 Å². The summed E-state index contributed by atoms with van der Waals surface area (Å²) >= 11 is 0. The highest BCUT2D eigenvalue weighted by Crippen LogP contribution is 2.05. The molecule has 0 spiro atoms. The molecule has 0 aromatic heterocycles. The van der Waals surface area contributed by atoms with Crippen molar-refractivity contribution in [3.8, 4) is 0 Å². The summed E-state index contributed by atoms with van der Waals surface area (Å²) in [7, 11) is 1.66. The molecule has 0 radical (unpaired) electrons. The predicted molar refractivity (Wildman–Crippen MR) is 48.2 cm³/mol. The lowest BCUT2D eigenvalue weighted by molar-refractivity contribution is -2.00. The van der Waals surface area contributed by atoms with Gasteiger partial charge in [-0.15, -0.1) is 10.2 Å². The van der Waals surface area contributed by atoms with Gasteiger partial charge in [0.25, 0.3) is 0 Å². The van der Waals surface area contributed by atoms with Crippen LogP contribution in [-0.2, 0) is 6.54 Å². The zero-order valence-corrected chi connectivity index (χ0v) is 10.3. The lowest BCUT2D eigenvalue weighted by Crippen LogP contribution is -2.68. The van der Waals surface area contributed by atoms with Gasteiger partial charge in [-0.1, -0.05) is 30.3 Å². The van der Waals surface area contributed by atoms with Crippen molar-refractivity contribution in [1.82, 2.24) is 0 Å². The highest BCUT2D eigenvalue weighted by Gasteiger charge is 2.06. The minimum Gasteiger partial charge on any atom is -0.327 e. The Bertz CT molecular complexity index is 286. The summed E-state index contributed by atoms with van der Waals surface area (Å²) in [5.41, 5.74) is 1.40. The molecule has 0 bridgehead atoms. The molecule has 1 rings (SSSR count). The Hall–Kier alpha value is -0.690. The molecule has 0 saturated heterocycles. The van der Waals surface area contributed by atoms with Crippen LogP contribution in [0.4, 0.5) is 0 Å². The van der Waals surface area contributed by atoms with Crippen molar-refractivity contribution in [3.05, 3.63) is 35.9 Å². The number of quaternary nitrogens is 1. The van der Waals surface area contributed by atoms with Crippen LogP contribution in [-0.4, -0.2) is 25.6 Å². The van der Waals surface area contributed by atoms with E-state index in [2.05, 4.69) is 51.5 Å². The number of rotatable bonds is 2. The second kappa shape index (κ2) is 6.15. The van der Waals surface area contributed by atoms with E-state index in [0.29, 0.717) is 0 Å². The Morgan fingerprint density at radius 2 is 1.31 bits per heavy atom. The van der Waals surface area contributed by atoms with Crippen LogP contribution < -0.4 is 18.6 Å². The highest BCUT2D eigenvalue weighted by atomic mass is 35.7. The van der Waals surface area contributed by atoms with Gasteiger partial charge in [-0.05, 0) is 0 Å². The molecular weight excluding hydrogens is 234 g/mol. The second-order valence-electron chi connectivity index (χ2n) is 4.31. The minimum absolute atomic E-state index is 0.990. The smallest absolute Gasteiger partial charge is 0.104 e. The average Bonchev–Trinajstić information content (AvgIpc) is 1.99. The topological polar surface area (TPSA) is 92.2 Å². The largest absolute Gasteiger partial charge is 0.327 e. The summed E-state index contributed by atoms with van der Waals surface area (Å²) in [6, 6.07) is 10.6. The SMILES string of the molecule is C[N+](C)(C)Cc1ccccc1.[O-][Cl+3]([O-])([O-])[O-]. The van der Waals surface area contributed by atoms with Crippen molar-refractivity contribution in [1.29, 1.82) is 0 Å². The molecule has 5 nitrogen and oxygen atoms in total. The van der Waals surface area contributed by atoms with E-state index in [-0.39, 0.29) is 0 Å². The molecule has 0 aliphatic rings. The van der Waals surface area contributed by atoms with Crippen molar-refractivity contribution in [3.63, 3.8) is 0 Å². The van der Waals surface area contributed by atoms with Crippen LogP contribution in [0.2, 0.25) is 0 Å². The summed E-state index contributed by atoms with van der Waals surface area (Å²) in [4.78, 5) is 0. The monoisotopic (exact) mass is 249 g/mol. The number of benzene rings is 1. The zero-order valence-electron chi connectivity index (χ0n) is 9.55. The minimum atomic E-state index is -4.94. The first-order valence-corrected chi connectivity index (χ1v) is 5.77. The van der Waals surface area contributed by atoms with Crippen molar-refractivity contribution >= 4 is 0 Å². The maximum atomic E-state index is 8.49. The first-order chi connectivity index (χ1) is 7.08. The number of hydrogen-bond acceptors (Lipinski definition) is 4. The van der Waals surface area contributed by atoms with Gasteiger partial charge in [-0.2, -0.15) is 0 Å². The van der Waals surface area contributed by atoms with Crippen LogP contribution >= 0.6 is 0 Å². The van der Waals surface area contributed by atoms with Crippen LogP contribution in [0.1, 0.15) is 5.56 Å². The molecule has 0 atom stereocenters. The Morgan fingerprint density at radius 3 is 1.62 bits per heavy atom. The van der Waals surface area contributed by atoms with E-state index in [1.54, 1.807) is 0 Å². The van der Waals surface area contributed by atoms with Gasteiger partial charge >= 0.3 is 0 Å². The van der Waals surface area contributed by atoms with Crippen molar-refractivity contribution < 1.29 is 33.4 Å². The van der Waals surface area contributed by atoms with Gasteiger partial charge in [0.2, 0.25) is 0 Å². The zero-order chi connectivity index (χ0) is 12.8. The second-order valence-corrected chi connectivity index (χ2v) is 5.07. The number of halogens is 1. The normalized spacial score (nSPS) is 11.7. The Labute approximate surface area is 97.5 Å². The van der Waals surface area contributed by atoms with Crippen molar-refractivity contribution in [2.75, 3.05) is 21.1 Å². The van der Waals surface area contributed by atoms with E-state index in [1.165, 1.54) is 5.56 Å². The molecule has 0 aliphatic heterocycles.